The van der Waals surface area contributed by atoms with Crippen molar-refractivity contribution >= 4 is 0 Å². The molecular formula is C29H36. The lowest BCUT2D eigenvalue weighted by Crippen LogP contribution is -2.30. The van der Waals surface area contributed by atoms with Gasteiger partial charge in [-0.1, -0.05) is 69.2 Å². The van der Waals surface area contributed by atoms with Crippen LogP contribution in [-0.4, -0.2) is 0 Å². The average molecular weight is 385 g/mol. The molecule has 2 aromatic carbocycles. The molecule has 4 unspecified atom stereocenters. The van der Waals surface area contributed by atoms with E-state index in [1.54, 1.807) is 0 Å². The summed E-state index contributed by atoms with van der Waals surface area (Å²) in [6.07, 6.45) is 12.6. The van der Waals surface area contributed by atoms with Crippen molar-refractivity contribution in [1.82, 2.24) is 0 Å². The van der Waals surface area contributed by atoms with E-state index in [0.717, 1.165) is 41.2 Å². The molecule has 4 atom stereocenters. The molecule has 0 saturated heterocycles. The van der Waals surface area contributed by atoms with E-state index in [9.17, 15) is 0 Å². The Morgan fingerprint density at radius 1 is 0.724 bits per heavy atom. The van der Waals surface area contributed by atoms with Crippen molar-refractivity contribution in [3.05, 3.63) is 70.8 Å². The highest BCUT2D eigenvalue weighted by atomic mass is 14.4. The van der Waals surface area contributed by atoms with E-state index in [0.29, 0.717) is 0 Å². The normalized spacial score (nSPS) is 26.3. The molecule has 0 N–H and O–H groups in total. The highest BCUT2D eigenvalue weighted by molar-refractivity contribution is 5.44. The zero-order chi connectivity index (χ0) is 20.1. The molecule has 0 amide bonds. The molecule has 2 aliphatic carbocycles. The van der Waals surface area contributed by atoms with Gasteiger partial charge in [0, 0.05) is 11.1 Å². The molecular weight excluding hydrogens is 348 g/mol. The molecule has 2 aliphatic rings. The second kappa shape index (κ2) is 9.67. The largest absolute Gasteiger partial charge is 0.0654 e. The molecule has 2 fully saturated rings. The second-order valence-corrected chi connectivity index (χ2v) is 9.42. The fourth-order valence-corrected chi connectivity index (χ4v) is 5.77. The molecule has 0 radical (unpaired) electrons. The van der Waals surface area contributed by atoms with Gasteiger partial charge >= 0.3 is 0 Å². The Labute approximate surface area is 178 Å². The number of benzene rings is 2. The molecule has 2 aromatic rings. The molecule has 0 spiro atoms. The number of aryl methyl sites for hydroxylation is 1. The fraction of sp³-hybridized carbons (Fsp3) is 0.517. The van der Waals surface area contributed by atoms with Crippen molar-refractivity contribution in [2.45, 2.75) is 77.6 Å². The van der Waals surface area contributed by atoms with E-state index in [1.165, 1.54) is 62.5 Å². The van der Waals surface area contributed by atoms with Crippen molar-refractivity contribution < 1.29 is 0 Å². The zero-order valence-corrected chi connectivity index (χ0v) is 18.3. The molecule has 0 bridgehead atoms. The monoisotopic (exact) mass is 384 g/mol. The lowest BCUT2D eigenvalue weighted by atomic mass is 9.63. The van der Waals surface area contributed by atoms with Crippen LogP contribution in [0.15, 0.2) is 48.5 Å². The maximum atomic E-state index is 3.34. The van der Waals surface area contributed by atoms with Crippen molar-refractivity contribution in [1.29, 1.82) is 0 Å². The third-order valence-electron chi connectivity index (χ3n) is 7.51. The van der Waals surface area contributed by atoms with Gasteiger partial charge in [-0.3, -0.25) is 0 Å². The number of fused-ring (bicyclic) bond motifs is 1. The van der Waals surface area contributed by atoms with Gasteiger partial charge in [0.1, 0.15) is 0 Å². The van der Waals surface area contributed by atoms with E-state index in [4.69, 9.17) is 0 Å². The molecule has 29 heavy (non-hydrogen) atoms. The van der Waals surface area contributed by atoms with Crippen LogP contribution in [0.5, 0.6) is 0 Å². The lowest BCUT2D eigenvalue weighted by Gasteiger charge is -2.42. The molecule has 0 heterocycles. The molecule has 2 saturated carbocycles. The quantitative estimate of drug-likeness (QED) is 0.473. The predicted molar refractivity (Wildman–Crippen MR) is 124 cm³/mol. The van der Waals surface area contributed by atoms with E-state index >= 15 is 0 Å². The Balaban J connectivity index is 1.36. The first-order chi connectivity index (χ1) is 14.2. The van der Waals surface area contributed by atoms with Crippen LogP contribution >= 0.6 is 0 Å². The second-order valence-electron chi connectivity index (χ2n) is 9.42. The van der Waals surface area contributed by atoms with Crippen LogP contribution in [0.2, 0.25) is 0 Å². The summed E-state index contributed by atoms with van der Waals surface area (Å²) in [7, 11) is 0. The molecule has 152 valence electrons. The van der Waals surface area contributed by atoms with Gasteiger partial charge in [-0.2, -0.15) is 0 Å². The smallest absolute Gasteiger partial charge is 0.0249 e. The summed E-state index contributed by atoms with van der Waals surface area (Å²) in [5, 5.41) is 0. The Hall–Kier alpha value is -2.00. The maximum absolute atomic E-state index is 3.34. The summed E-state index contributed by atoms with van der Waals surface area (Å²) in [4.78, 5) is 0. The first-order valence-electron chi connectivity index (χ1n) is 12.0. The van der Waals surface area contributed by atoms with Gasteiger partial charge in [-0.25, -0.2) is 0 Å². The number of hydrogen-bond donors (Lipinski definition) is 0. The van der Waals surface area contributed by atoms with Gasteiger partial charge in [0.15, 0.2) is 0 Å². The molecule has 4 rings (SSSR count). The van der Waals surface area contributed by atoms with E-state index in [1.807, 2.05) is 0 Å². The lowest BCUT2D eigenvalue weighted by molar-refractivity contribution is 0.114. The molecule has 0 aromatic heterocycles. The van der Waals surface area contributed by atoms with Crippen LogP contribution in [0.4, 0.5) is 0 Å². The van der Waals surface area contributed by atoms with Crippen molar-refractivity contribution in [3.63, 3.8) is 0 Å². The van der Waals surface area contributed by atoms with Gasteiger partial charge < -0.3 is 0 Å². The number of hydrogen-bond acceptors (Lipinski definition) is 0. The third-order valence-corrected chi connectivity index (χ3v) is 7.51. The standard InChI is InChI=1S/C29H36/c1-3-5-25-14-17-29-21-28(19-18-27(29)20-25)26-15-12-24(13-16-26)11-10-23-8-6-22(4-2)7-9-23/h6-9,12-13,15-16,25,27-29H,3-5,14,17-21H2,1-2H3. The minimum atomic E-state index is 0.766. The van der Waals surface area contributed by atoms with E-state index in [-0.39, 0.29) is 0 Å². The maximum Gasteiger partial charge on any atom is 0.0249 e. The fourth-order valence-electron chi connectivity index (χ4n) is 5.77. The molecule has 0 aliphatic heterocycles. The summed E-state index contributed by atoms with van der Waals surface area (Å²) in [6, 6.07) is 17.8. The summed E-state index contributed by atoms with van der Waals surface area (Å²) in [6.45, 7) is 4.53. The van der Waals surface area contributed by atoms with Crippen molar-refractivity contribution in [3.8, 4) is 11.8 Å². The van der Waals surface area contributed by atoms with Crippen LogP contribution in [0.3, 0.4) is 0 Å². The third kappa shape index (κ3) is 5.14. The number of rotatable bonds is 4. The summed E-state index contributed by atoms with van der Waals surface area (Å²) in [5.41, 5.74) is 5.14. The summed E-state index contributed by atoms with van der Waals surface area (Å²) in [5.74, 6) is 10.4. The topological polar surface area (TPSA) is 0 Å². The minimum Gasteiger partial charge on any atom is -0.0654 e. The van der Waals surface area contributed by atoms with Crippen LogP contribution in [0.1, 0.15) is 93.4 Å². The van der Waals surface area contributed by atoms with Gasteiger partial charge in [0.2, 0.25) is 0 Å². The van der Waals surface area contributed by atoms with E-state index < -0.39 is 0 Å². The SMILES string of the molecule is CCCC1CCC2CC(c3ccc(C#Cc4ccc(CC)cc4)cc3)CCC2C1. The predicted octanol–water partition coefficient (Wildman–Crippen LogP) is 7.75. The minimum absolute atomic E-state index is 0.766. The van der Waals surface area contributed by atoms with Crippen LogP contribution in [0.25, 0.3) is 0 Å². The van der Waals surface area contributed by atoms with Gasteiger partial charge in [-0.15, -0.1) is 0 Å². The highest BCUT2D eigenvalue weighted by Gasteiger charge is 2.35. The Kier molecular flexibility index (Phi) is 6.76. The van der Waals surface area contributed by atoms with Crippen LogP contribution in [-0.2, 0) is 6.42 Å². The first kappa shape index (κ1) is 20.3. The van der Waals surface area contributed by atoms with Gasteiger partial charge in [0.05, 0.1) is 0 Å². The van der Waals surface area contributed by atoms with Gasteiger partial charge in [-0.05, 0) is 97.6 Å². The van der Waals surface area contributed by atoms with Crippen LogP contribution in [0, 0.1) is 29.6 Å². The highest BCUT2D eigenvalue weighted by Crippen LogP contribution is 2.48. The summed E-state index contributed by atoms with van der Waals surface area (Å²) < 4.78 is 0. The molecule has 0 heteroatoms. The Morgan fingerprint density at radius 2 is 1.34 bits per heavy atom. The van der Waals surface area contributed by atoms with E-state index in [2.05, 4.69) is 74.2 Å². The Bertz CT molecular complexity index is 830. The zero-order valence-electron chi connectivity index (χ0n) is 18.3. The van der Waals surface area contributed by atoms with Gasteiger partial charge in [0.25, 0.3) is 0 Å². The average Bonchev–Trinajstić information content (AvgIpc) is 2.78. The first-order valence-corrected chi connectivity index (χ1v) is 12.0. The molecule has 0 nitrogen and oxygen atoms in total. The summed E-state index contributed by atoms with van der Waals surface area (Å²) >= 11 is 0. The Morgan fingerprint density at radius 3 is 2.00 bits per heavy atom. The van der Waals surface area contributed by atoms with Crippen molar-refractivity contribution in [2.24, 2.45) is 17.8 Å². The van der Waals surface area contributed by atoms with Crippen molar-refractivity contribution in [2.75, 3.05) is 0 Å². The van der Waals surface area contributed by atoms with Crippen LogP contribution < -0.4 is 0 Å².